The molecule has 3 nitrogen and oxygen atoms in total. The SMILES string of the molecule is Clc1ccc2c(c1)-c1ccccc1[I+]2.O=S(=O)(O)CC(F)(F)F. The highest BCUT2D eigenvalue weighted by Gasteiger charge is 2.34. The standard InChI is InChI=1S/C12H7ClI.C2H3F3O3S/c13-8-5-6-12-10(7-8)9-3-1-2-4-11(9)14-12;3-2(4,5)1-9(6,7)8/h1-7H;1H2,(H,6,7,8)/q+1;. The molecule has 2 aromatic carbocycles. The Morgan fingerprint density at radius 1 is 1.04 bits per heavy atom. The van der Waals surface area contributed by atoms with Crippen LogP contribution in [0.1, 0.15) is 0 Å². The minimum Gasteiger partial charge on any atom is -0.285 e. The van der Waals surface area contributed by atoms with E-state index in [4.69, 9.17) is 16.2 Å². The molecule has 0 saturated heterocycles. The van der Waals surface area contributed by atoms with Gasteiger partial charge in [0.1, 0.15) is 0 Å². The number of fused-ring (bicyclic) bond motifs is 3. The van der Waals surface area contributed by atoms with Gasteiger partial charge in [0.25, 0.3) is 10.1 Å². The fourth-order valence-electron chi connectivity index (χ4n) is 1.86. The van der Waals surface area contributed by atoms with Gasteiger partial charge in [-0.2, -0.15) is 21.6 Å². The average Bonchev–Trinajstić information content (AvgIpc) is 2.73. The predicted molar refractivity (Wildman–Crippen MR) is 76.8 cm³/mol. The van der Waals surface area contributed by atoms with Gasteiger partial charge in [-0.25, -0.2) is 0 Å². The first kappa shape index (κ1) is 18.5. The third-order valence-electron chi connectivity index (χ3n) is 2.64. The van der Waals surface area contributed by atoms with E-state index in [1.807, 2.05) is 6.07 Å². The molecular formula is C14H10ClF3IO3S+. The maximum atomic E-state index is 11.0. The zero-order chi connectivity index (χ0) is 17.3. The Labute approximate surface area is 146 Å². The third kappa shape index (κ3) is 5.63. The van der Waals surface area contributed by atoms with E-state index in [2.05, 4.69) is 36.4 Å². The van der Waals surface area contributed by atoms with Crippen molar-refractivity contribution in [2.45, 2.75) is 6.18 Å². The monoisotopic (exact) mass is 477 g/mol. The first-order valence-electron chi connectivity index (χ1n) is 6.11. The molecule has 0 fully saturated rings. The molecule has 1 aliphatic rings. The number of rotatable bonds is 1. The first-order valence-corrected chi connectivity index (χ1v) is 10.3. The van der Waals surface area contributed by atoms with Gasteiger partial charge in [0.2, 0.25) is 7.14 Å². The summed E-state index contributed by atoms with van der Waals surface area (Å²) in [6.45, 7) is 0. The highest BCUT2D eigenvalue weighted by atomic mass is 127. The Bertz CT molecular complexity index is 822. The van der Waals surface area contributed by atoms with Crippen LogP contribution >= 0.6 is 11.6 Å². The number of benzene rings is 2. The second-order valence-electron chi connectivity index (χ2n) is 4.54. The van der Waals surface area contributed by atoms with Crippen molar-refractivity contribution in [2.24, 2.45) is 0 Å². The van der Waals surface area contributed by atoms with Crippen molar-refractivity contribution in [1.29, 1.82) is 0 Å². The van der Waals surface area contributed by atoms with Crippen LogP contribution in [-0.2, 0) is 10.1 Å². The molecule has 0 spiro atoms. The summed E-state index contributed by atoms with van der Waals surface area (Å²) in [5, 5.41) is 0.837. The zero-order valence-electron chi connectivity index (χ0n) is 11.3. The molecule has 1 aliphatic heterocycles. The number of alkyl halides is 3. The van der Waals surface area contributed by atoms with E-state index in [0.717, 1.165) is 5.02 Å². The lowest BCUT2D eigenvalue weighted by molar-refractivity contribution is -0.589. The molecule has 0 atom stereocenters. The Hall–Kier alpha value is -0.840. The topological polar surface area (TPSA) is 54.4 Å². The predicted octanol–water partition coefficient (Wildman–Crippen LogP) is 0.885. The molecule has 0 aliphatic carbocycles. The van der Waals surface area contributed by atoms with E-state index < -0.39 is 22.0 Å². The molecule has 0 bridgehead atoms. The Morgan fingerprint density at radius 3 is 2.22 bits per heavy atom. The van der Waals surface area contributed by atoms with Gasteiger partial charge < -0.3 is 0 Å². The Balaban J connectivity index is 0.000000188. The fraction of sp³-hybridized carbons (Fsp3) is 0.143. The van der Waals surface area contributed by atoms with Crippen LogP contribution in [0.15, 0.2) is 42.5 Å². The fourth-order valence-corrected chi connectivity index (χ4v) is 5.32. The van der Waals surface area contributed by atoms with Crippen molar-refractivity contribution in [2.75, 3.05) is 5.75 Å². The van der Waals surface area contributed by atoms with Crippen LogP contribution in [0, 0.1) is 7.14 Å². The van der Waals surface area contributed by atoms with Crippen LogP contribution in [0.4, 0.5) is 13.2 Å². The van der Waals surface area contributed by atoms with Crippen molar-refractivity contribution in [3.63, 3.8) is 0 Å². The van der Waals surface area contributed by atoms with E-state index in [1.165, 1.54) is 18.3 Å². The molecule has 0 radical (unpaired) electrons. The van der Waals surface area contributed by atoms with Gasteiger partial charge in [-0.15, -0.1) is 0 Å². The van der Waals surface area contributed by atoms with E-state index in [1.54, 1.807) is 0 Å². The van der Waals surface area contributed by atoms with Crippen molar-refractivity contribution in [3.8, 4) is 11.1 Å². The van der Waals surface area contributed by atoms with Crippen LogP contribution in [0.2, 0.25) is 5.02 Å². The molecule has 0 saturated carbocycles. The van der Waals surface area contributed by atoms with Gasteiger partial charge in [-0.3, -0.25) is 4.55 Å². The van der Waals surface area contributed by atoms with Gasteiger partial charge in [0, 0.05) is 16.1 Å². The lowest BCUT2D eigenvalue weighted by Crippen LogP contribution is -3.61. The summed E-state index contributed by atoms with van der Waals surface area (Å²) >= 11 is 6.03. The first-order chi connectivity index (χ1) is 10.6. The van der Waals surface area contributed by atoms with Gasteiger partial charge in [0.05, 0.1) is 0 Å². The summed E-state index contributed by atoms with van der Waals surface area (Å²) in [6.07, 6.45) is -4.85. The second-order valence-corrected chi connectivity index (χ2v) is 9.29. The van der Waals surface area contributed by atoms with E-state index in [-0.39, 0.29) is 21.2 Å². The summed E-state index contributed by atoms with van der Waals surface area (Å²) in [6, 6.07) is 14.9. The summed E-state index contributed by atoms with van der Waals surface area (Å²) in [5.41, 5.74) is 2.73. The lowest BCUT2D eigenvalue weighted by Gasteiger charge is -2.00. The van der Waals surface area contributed by atoms with Crippen LogP contribution in [0.5, 0.6) is 0 Å². The zero-order valence-corrected chi connectivity index (χ0v) is 15.0. The quantitative estimate of drug-likeness (QED) is 0.418. The maximum Gasteiger partial charge on any atom is 0.405 e. The lowest BCUT2D eigenvalue weighted by atomic mass is 10.1. The van der Waals surface area contributed by atoms with E-state index in [0.29, 0.717) is 0 Å². The largest absolute Gasteiger partial charge is 0.405 e. The summed E-state index contributed by atoms with van der Waals surface area (Å²) in [4.78, 5) is 0. The van der Waals surface area contributed by atoms with Crippen molar-refractivity contribution < 1.29 is 47.3 Å². The molecule has 9 heteroatoms. The highest BCUT2D eigenvalue weighted by molar-refractivity contribution is 7.85. The Kier molecular flexibility index (Phi) is 5.59. The molecule has 1 N–H and O–H groups in total. The minimum atomic E-state index is -4.91. The highest BCUT2D eigenvalue weighted by Crippen LogP contribution is 2.24. The Morgan fingerprint density at radius 2 is 1.65 bits per heavy atom. The van der Waals surface area contributed by atoms with Gasteiger partial charge >= 0.3 is 27.4 Å². The second kappa shape index (κ2) is 6.96. The summed E-state index contributed by atoms with van der Waals surface area (Å²) in [7, 11) is -4.91. The normalized spacial score (nSPS) is 12.9. The molecule has 3 rings (SSSR count). The van der Waals surface area contributed by atoms with Gasteiger partial charge in [0.15, 0.2) is 5.75 Å². The molecule has 0 unspecified atom stereocenters. The molecule has 1 heterocycles. The molecule has 2 aromatic rings. The number of hydrogen-bond donors (Lipinski definition) is 1. The maximum absolute atomic E-state index is 11.0. The van der Waals surface area contributed by atoms with Gasteiger partial charge in [-0.1, -0.05) is 23.7 Å². The van der Waals surface area contributed by atoms with Crippen molar-refractivity contribution in [3.05, 3.63) is 54.6 Å². The van der Waals surface area contributed by atoms with E-state index >= 15 is 0 Å². The smallest absolute Gasteiger partial charge is 0.285 e. The third-order valence-corrected chi connectivity index (χ3v) is 6.61. The molecule has 23 heavy (non-hydrogen) atoms. The summed E-state index contributed by atoms with van der Waals surface area (Å²) < 4.78 is 62.6. The summed E-state index contributed by atoms with van der Waals surface area (Å²) in [5.74, 6) is -2.18. The average molecular weight is 478 g/mol. The van der Waals surface area contributed by atoms with Crippen LogP contribution in [0.25, 0.3) is 11.1 Å². The van der Waals surface area contributed by atoms with Crippen molar-refractivity contribution in [1.82, 2.24) is 0 Å². The van der Waals surface area contributed by atoms with E-state index in [9.17, 15) is 21.6 Å². The molecular weight excluding hydrogens is 468 g/mol. The number of halogens is 5. The van der Waals surface area contributed by atoms with Gasteiger partial charge in [-0.05, 0) is 30.3 Å². The van der Waals surface area contributed by atoms with Crippen molar-refractivity contribution >= 4 is 21.7 Å². The molecule has 124 valence electrons. The minimum absolute atomic E-state index is 0.0313. The van der Waals surface area contributed by atoms with Crippen LogP contribution < -0.4 is 21.2 Å². The molecule has 0 amide bonds. The van der Waals surface area contributed by atoms with Crippen LogP contribution in [-0.4, -0.2) is 24.9 Å². The van der Waals surface area contributed by atoms with Crippen LogP contribution in [0.3, 0.4) is 0 Å². The molecule has 0 aromatic heterocycles. The number of hydrogen-bond acceptors (Lipinski definition) is 2.